The number of nitrogens with one attached hydrogen (secondary N) is 3. The average Bonchev–Trinajstić information content (AvgIpc) is 3.20. The summed E-state index contributed by atoms with van der Waals surface area (Å²) in [6, 6.07) is 33.6. The van der Waals surface area contributed by atoms with Crippen LogP contribution in [0.5, 0.6) is 11.5 Å². The maximum Gasteiger partial charge on any atom is 0.275 e. The molecule has 16 heteroatoms. The van der Waals surface area contributed by atoms with Crippen LogP contribution >= 0.6 is 0 Å². The SMILES string of the molecule is CN(CCN=Nc1nc(CCCc2ccc(O)cc2)nc(Nc2ccccc2)n1)CCN=Nc1nc(NCCc2ccc(O)cc2)nc(Nc2ccccc2)n1. The van der Waals surface area contributed by atoms with Gasteiger partial charge in [-0.2, -0.15) is 40.1 Å². The normalized spacial score (nSPS) is 11.4. The summed E-state index contributed by atoms with van der Waals surface area (Å²) >= 11 is 0. The summed E-state index contributed by atoms with van der Waals surface area (Å²) in [6.45, 7) is 2.67. The zero-order chi connectivity index (χ0) is 38.8. The van der Waals surface area contributed by atoms with Gasteiger partial charge < -0.3 is 31.1 Å². The van der Waals surface area contributed by atoms with Gasteiger partial charge in [-0.3, -0.25) is 0 Å². The first-order valence-corrected chi connectivity index (χ1v) is 18.3. The van der Waals surface area contributed by atoms with Gasteiger partial charge in [0.1, 0.15) is 17.3 Å². The minimum absolute atomic E-state index is 0.181. The minimum Gasteiger partial charge on any atom is -0.508 e. The molecule has 56 heavy (non-hydrogen) atoms. The highest BCUT2D eigenvalue weighted by molar-refractivity contribution is 5.55. The lowest BCUT2D eigenvalue weighted by Crippen LogP contribution is -2.24. The molecule has 0 bridgehead atoms. The number of aromatic hydroxyl groups is 2. The number of anilines is 5. The Morgan fingerprint density at radius 2 is 1.04 bits per heavy atom. The van der Waals surface area contributed by atoms with E-state index in [0.717, 1.165) is 35.3 Å². The van der Waals surface area contributed by atoms with Crippen LogP contribution in [0.15, 0.2) is 130 Å². The Bertz CT molecular complexity index is 2000. The van der Waals surface area contributed by atoms with E-state index in [0.29, 0.717) is 69.2 Å². The molecule has 2 aromatic heterocycles. The minimum atomic E-state index is 0.181. The second-order valence-electron chi connectivity index (χ2n) is 12.7. The summed E-state index contributed by atoms with van der Waals surface area (Å²) in [5.74, 6) is 2.64. The number of hydrogen-bond acceptors (Lipinski definition) is 16. The molecule has 2 heterocycles. The molecule has 0 saturated heterocycles. The summed E-state index contributed by atoms with van der Waals surface area (Å²) in [6.07, 6.45) is 2.97. The Morgan fingerprint density at radius 3 is 1.61 bits per heavy atom. The van der Waals surface area contributed by atoms with Crippen LogP contribution in [0.25, 0.3) is 0 Å². The number of benzene rings is 4. The second kappa shape index (κ2) is 20.5. The number of aromatic nitrogens is 6. The van der Waals surface area contributed by atoms with E-state index in [1.165, 1.54) is 0 Å². The predicted octanol–water partition coefficient (Wildman–Crippen LogP) is 7.58. The Balaban J connectivity index is 1.01. The van der Waals surface area contributed by atoms with Gasteiger partial charge in [0.05, 0.1) is 13.1 Å². The lowest BCUT2D eigenvalue weighted by Gasteiger charge is -2.12. The van der Waals surface area contributed by atoms with Crippen LogP contribution in [0.2, 0.25) is 0 Å². The zero-order valence-corrected chi connectivity index (χ0v) is 31.1. The lowest BCUT2D eigenvalue weighted by molar-refractivity contribution is 0.350. The van der Waals surface area contributed by atoms with E-state index in [2.05, 4.69) is 71.2 Å². The summed E-state index contributed by atoms with van der Waals surface area (Å²) in [7, 11) is 1.98. The molecule has 0 spiro atoms. The van der Waals surface area contributed by atoms with Gasteiger partial charge in [-0.25, -0.2) is 0 Å². The number of para-hydroxylation sites is 2. The standard InChI is InChI=1S/C40H44N14O2/c1-54(27-25-42-52-39-47-35(14-8-9-29-15-19-33(55)20-16-29)46-37(50-39)44-31-10-4-2-5-11-31)28-26-43-53-40-49-36(41-24-23-30-17-21-34(56)22-18-30)48-38(51-40)45-32-12-6-3-7-13-32/h2-7,10-13,15-22,55-56H,8-9,14,23-28H2,1H3,(H,44,46,47,50)(H2,41,45,48,49,51). The number of phenolic OH excluding ortho intramolecular Hbond substituents is 2. The fourth-order valence-electron chi connectivity index (χ4n) is 5.33. The van der Waals surface area contributed by atoms with Crippen LogP contribution in [0.4, 0.5) is 41.1 Å². The molecular formula is C40H44N14O2. The van der Waals surface area contributed by atoms with Gasteiger partial charge in [-0.15, -0.1) is 10.2 Å². The van der Waals surface area contributed by atoms with E-state index in [9.17, 15) is 10.2 Å². The van der Waals surface area contributed by atoms with Crippen molar-refractivity contribution in [1.82, 2.24) is 34.8 Å². The first kappa shape index (κ1) is 38.8. The number of nitrogens with zero attached hydrogens (tertiary/aromatic N) is 11. The summed E-state index contributed by atoms with van der Waals surface area (Å²) in [5, 5.41) is 46.1. The number of phenols is 2. The van der Waals surface area contributed by atoms with Crippen LogP contribution in [-0.2, 0) is 19.3 Å². The highest BCUT2D eigenvalue weighted by Gasteiger charge is 2.09. The molecule has 0 amide bonds. The molecule has 6 rings (SSSR count). The molecule has 0 aliphatic rings. The maximum atomic E-state index is 9.57. The molecule has 0 atom stereocenters. The molecule has 0 saturated carbocycles. The van der Waals surface area contributed by atoms with Crippen LogP contribution in [0.3, 0.4) is 0 Å². The van der Waals surface area contributed by atoms with Gasteiger partial charge in [0, 0.05) is 37.4 Å². The van der Waals surface area contributed by atoms with E-state index in [4.69, 9.17) is 0 Å². The first-order chi connectivity index (χ1) is 27.4. The van der Waals surface area contributed by atoms with Crippen molar-refractivity contribution in [3.63, 3.8) is 0 Å². The maximum absolute atomic E-state index is 9.57. The molecule has 6 aromatic rings. The zero-order valence-electron chi connectivity index (χ0n) is 31.1. The largest absolute Gasteiger partial charge is 0.508 e. The van der Waals surface area contributed by atoms with Crippen molar-refractivity contribution in [2.24, 2.45) is 20.5 Å². The highest BCUT2D eigenvalue weighted by Crippen LogP contribution is 2.19. The van der Waals surface area contributed by atoms with Crippen molar-refractivity contribution in [3.05, 3.63) is 126 Å². The van der Waals surface area contributed by atoms with Crippen molar-refractivity contribution in [3.8, 4) is 11.5 Å². The number of azo groups is 2. The van der Waals surface area contributed by atoms with Crippen molar-refractivity contribution < 1.29 is 10.2 Å². The van der Waals surface area contributed by atoms with Crippen LogP contribution in [0, 0.1) is 0 Å². The molecular weight excluding hydrogens is 709 g/mol. The van der Waals surface area contributed by atoms with E-state index >= 15 is 0 Å². The fraction of sp³-hybridized carbons (Fsp3) is 0.250. The van der Waals surface area contributed by atoms with E-state index < -0.39 is 0 Å². The predicted molar refractivity (Wildman–Crippen MR) is 216 cm³/mol. The van der Waals surface area contributed by atoms with Gasteiger partial charge in [0.15, 0.2) is 0 Å². The summed E-state index contributed by atoms with van der Waals surface area (Å²) in [5.41, 5.74) is 3.88. The average molecular weight is 753 g/mol. The number of hydrogen-bond donors (Lipinski definition) is 5. The van der Waals surface area contributed by atoms with Crippen molar-refractivity contribution in [2.45, 2.75) is 25.7 Å². The molecule has 0 aliphatic heterocycles. The smallest absolute Gasteiger partial charge is 0.275 e. The van der Waals surface area contributed by atoms with Crippen molar-refractivity contribution in [1.29, 1.82) is 0 Å². The van der Waals surface area contributed by atoms with Crippen LogP contribution in [0.1, 0.15) is 23.4 Å². The van der Waals surface area contributed by atoms with Crippen LogP contribution < -0.4 is 16.0 Å². The van der Waals surface area contributed by atoms with E-state index in [-0.39, 0.29) is 23.4 Å². The molecule has 16 nitrogen and oxygen atoms in total. The number of likely N-dealkylation sites (N-methyl/N-ethyl adjacent to an activating group) is 1. The Kier molecular flexibility index (Phi) is 14.2. The van der Waals surface area contributed by atoms with Gasteiger partial charge in [-0.05, 0) is 86.0 Å². The number of rotatable bonds is 20. The van der Waals surface area contributed by atoms with E-state index in [1.54, 1.807) is 24.3 Å². The first-order valence-electron chi connectivity index (χ1n) is 18.3. The molecule has 5 N–H and O–H groups in total. The summed E-state index contributed by atoms with van der Waals surface area (Å²) in [4.78, 5) is 29.2. The molecule has 0 fully saturated rings. The van der Waals surface area contributed by atoms with Gasteiger partial charge in [0.25, 0.3) is 11.9 Å². The van der Waals surface area contributed by atoms with Gasteiger partial charge in [-0.1, -0.05) is 60.7 Å². The van der Waals surface area contributed by atoms with E-state index in [1.807, 2.05) is 92.0 Å². The van der Waals surface area contributed by atoms with Gasteiger partial charge >= 0.3 is 0 Å². The quantitative estimate of drug-likeness (QED) is 0.0478. The Labute approximate surface area is 325 Å². The third-order valence-corrected chi connectivity index (χ3v) is 8.27. The topological polar surface area (TPSA) is 207 Å². The third-order valence-electron chi connectivity index (χ3n) is 8.27. The monoisotopic (exact) mass is 752 g/mol. The second-order valence-corrected chi connectivity index (χ2v) is 12.7. The third kappa shape index (κ3) is 13.2. The molecule has 4 aromatic carbocycles. The van der Waals surface area contributed by atoms with Crippen molar-refractivity contribution in [2.75, 3.05) is 55.7 Å². The van der Waals surface area contributed by atoms with Gasteiger partial charge in [0.2, 0.25) is 17.8 Å². The molecule has 0 unspecified atom stereocenters. The van der Waals surface area contributed by atoms with Crippen LogP contribution in [-0.4, -0.2) is 84.8 Å². The number of aryl methyl sites for hydroxylation is 2. The molecule has 0 aliphatic carbocycles. The molecule has 286 valence electrons. The Hall–Kier alpha value is -6.94. The fourth-order valence-corrected chi connectivity index (χ4v) is 5.33. The summed E-state index contributed by atoms with van der Waals surface area (Å²) < 4.78 is 0. The Morgan fingerprint density at radius 1 is 0.536 bits per heavy atom. The van der Waals surface area contributed by atoms with Crippen molar-refractivity contribution >= 4 is 41.1 Å². The lowest BCUT2D eigenvalue weighted by atomic mass is 10.1. The highest BCUT2D eigenvalue weighted by atomic mass is 16.3. The molecule has 0 radical (unpaired) electrons.